The molecule has 0 N–H and O–H groups in total. The summed E-state index contributed by atoms with van der Waals surface area (Å²) in [5, 5.41) is 0. The van der Waals surface area contributed by atoms with Gasteiger partial charge in [0.25, 0.3) is 0 Å². The molecule has 0 nitrogen and oxygen atoms in total. The van der Waals surface area contributed by atoms with Crippen molar-refractivity contribution in [2.24, 2.45) is 0 Å². The first kappa shape index (κ1) is 9.01. The second-order valence-electron chi connectivity index (χ2n) is 3.31. The lowest BCUT2D eigenvalue weighted by molar-refractivity contribution is 1.34. The van der Waals surface area contributed by atoms with Gasteiger partial charge in [-0.1, -0.05) is 54.6 Å². The van der Waals surface area contributed by atoms with Gasteiger partial charge in [-0.2, -0.15) is 0 Å². The van der Waals surface area contributed by atoms with Crippen molar-refractivity contribution in [3.63, 3.8) is 0 Å². The second-order valence-corrected chi connectivity index (χ2v) is 3.31. The van der Waals surface area contributed by atoms with Crippen LogP contribution in [0.2, 0.25) is 0 Å². The standard InChI is InChI=1S/C14H12/c1-12-7-5-6-10-14(12)11-13-8-3-2-4-9-13/h2-10H,1H3. The molecule has 0 unspecified atom stereocenters. The van der Waals surface area contributed by atoms with E-state index < -0.39 is 0 Å². The van der Waals surface area contributed by atoms with Crippen molar-refractivity contribution in [2.75, 3.05) is 0 Å². The first-order valence-electron chi connectivity index (χ1n) is 4.74. The van der Waals surface area contributed by atoms with Crippen molar-refractivity contribution >= 4 is 0 Å². The number of aryl methyl sites for hydroxylation is 1. The molecule has 0 bridgehead atoms. The van der Waals surface area contributed by atoms with E-state index in [1.54, 1.807) is 0 Å². The van der Waals surface area contributed by atoms with Crippen LogP contribution in [0.1, 0.15) is 16.7 Å². The van der Waals surface area contributed by atoms with Crippen LogP contribution < -0.4 is 0 Å². The molecule has 2 aromatic carbocycles. The van der Waals surface area contributed by atoms with Crippen LogP contribution in [0.3, 0.4) is 0 Å². The molecule has 0 fully saturated rings. The molecule has 0 heteroatoms. The molecule has 0 aromatic heterocycles. The predicted octanol–water partition coefficient (Wildman–Crippen LogP) is 3.47. The van der Waals surface area contributed by atoms with Crippen LogP contribution in [-0.4, -0.2) is 0 Å². The third-order valence-corrected chi connectivity index (χ3v) is 2.20. The fourth-order valence-electron chi connectivity index (χ4n) is 1.39. The molecule has 2 aromatic rings. The van der Waals surface area contributed by atoms with Crippen molar-refractivity contribution in [3.8, 4) is 0 Å². The Labute approximate surface area is 85.2 Å². The molecule has 0 amide bonds. The molecule has 68 valence electrons. The highest BCUT2D eigenvalue weighted by Crippen LogP contribution is 2.14. The van der Waals surface area contributed by atoms with Gasteiger partial charge in [0, 0.05) is 0 Å². The van der Waals surface area contributed by atoms with Crippen LogP contribution in [0.25, 0.3) is 0 Å². The molecule has 0 aliphatic heterocycles. The average Bonchev–Trinajstić information content (AvgIpc) is 2.23. The van der Waals surface area contributed by atoms with Gasteiger partial charge in [-0.05, 0) is 23.6 Å². The summed E-state index contributed by atoms with van der Waals surface area (Å²) in [4.78, 5) is 0. The maximum Gasteiger partial charge on any atom is 0.0504 e. The number of hydrogen-bond donors (Lipinski definition) is 0. The Hall–Kier alpha value is -1.56. The Kier molecular flexibility index (Phi) is 2.64. The van der Waals surface area contributed by atoms with Crippen molar-refractivity contribution in [1.82, 2.24) is 0 Å². The van der Waals surface area contributed by atoms with E-state index in [0.717, 1.165) is 5.56 Å². The van der Waals surface area contributed by atoms with Gasteiger partial charge in [0.05, 0.1) is 6.42 Å². The highest BCUT2D eigenvalue weighted by Gasteiger charge is 1.98. The molecule has 2 radical (unpaired) electrons. The fraction of sp³-hybridized carbons (Fsp3) is 0.0714. The minimum Gasteiger partial charge on any atom is -0.0622 e. The molecule has 0 aliphatic carbocycles. The average molecular weight is 180 g/mol. The van der Waals surface area contributed by atoms with Gasteiger partial charge < -0.3 is 0 Å². The normalized spacial score (nSPS) is 10.1. The molecular formula is C14H12. The molecule has 14 heavy (non-hydrogen) atoms. The Morgan fingerprint density at radius 3 is 2.14 bits per heavy atom. The molecule has 0 spiro atoms. The summed E-state index contributed by atoms with van der Waals surface area (Å²) >= 11 is 0. The number of benzene rings is 2. The SMILES string of the molecule is Cc1ccccc1[C]c1ccccc1. The minimum atomic E-state index is 1.13. The van der Waals surface area contributed by atoms with Crippen LogP contribution in [0.15, 0.2) is 54.6 Å². The summed E-state index contributed by atoms with van der Waals surface area (Å²) in [5.41, 5.74) is 3.55. The second kappa shape index (κ2) is 4.10. The van der Waals surface area contributed by atoms with Gasteiger partial charge in [0.1, 0.15) is 0 Å². The molecule has 0 atom stereocenters. The number of rotatable bonds is 2. The smallest absolute Gasteiger partial charge is 0.0504 e. The van der Waals surface area contributed by atoms with E-state index in [1.807, 2.05) is 30.3 Å². The van der Waals surface area contributed by atoms with Crippen molar-refractivity contribution in [1.29, 1.82) is 0 Å². The van der Waals surface area contributed by atoms with E-state index in [2.05, 4.69) is 37.6 Å². The van der Waals surface area contributed by atoms with Gasteiger partial charge in [-0.25, -0.2) is 0 Å². The van der Waals surface area contributed by atoms with Gasteiger partial charge in [0.2, 0.25) is 0 Å². The third kappa shape index (κ3) is 2.02. The van der Waals surface area contributed by atoms with Crippen LogP contribution in [0.5, 0.6) is 0 Å². The lowest BCUT2D eigenvalue weighted by atomic mass is 10.0. The van der Waals surface area contributed by atoms with E-state index in [1.165, 1.54) is 11.1 Å². The van der Waals surface area contributed by atoms with Gasteiger partial charge in [0.15, 0.2) is 0 Å². The molecule has 0 saturated carbocycles. The van der Waals surface area contributed by atoms with E-state index >= 15 is 0 Å². The largest absolute Gasteiger partial charge is 0.0622 e. The van der Waals surface area contributed by atoms with Crippen LogP contribution in [0, 0.1) is 13.3 Å². The van der Waals surface area contributed by atoms with Gasteiger partial charge in [-0.3, -0.25) is 0 Å². The van der Waals surface area contributed by atoms with Gasteiger partial charge in [-0.15, -0.1) is 0 Å². The highest BCUT2D eigenvalue weighted by molar-refractivity contribution is 5.40. The molecule has 0 aliphatic rings. The Bertz CT molecular complexity index is 401. The summed E-state index contributed by atoms with van der Waals surface area (Å²) in [6, 6.07) is 18.5. The summed E-state index contributed by atoms with van der Waals surface area (Å²) in [5.74, 6) is 0. The zero-order valence-electron chi connectivity index (χ0n) is 8.20. The fourth-order valence-corrected chi connectivity index (χ4v) is 1.39. The lowest BCUT2D eigenvalue weighted by Crippen LogP contribution is -1.87. The zero-order valence-corrected chi connectivity index (χ0v) is 8.20. The first-order chi connectivity index (χ1) is 6.86. The topological polar surface area (TPSA) is 0 Å². The number of hydrogen-bond acceptors (Lipinski definition) is 0. The summed E-state index contributed by atoms with van der Waals surface area (Å²) in [6.45, 7) is 2.10. The summed E-state index contributed by atoms with van der Waals surface area (Å²) in [7, 11) is 0. The maximum atomic E-state index is 3.37. The van der Waals surface area contributed by atoms with E-state index in [0.29, 0.717) is 0 Å². The Morgan fingerprint density at radius 2 is 1.43 bits per heavy atom. The lowest BCUT2D eigenvalue weighted by Gasteiger charge is -2.03. The van der Waals surface area contributed by atoms with E-state index in [9.17, 15) is 0 Å². The van der Waals surface area contributed by atoms with Crippen LogP contribution >= 0.6 is 0 Å². The summed E-state index contributed by atoms with van der Waals surface area (Å²) in [6.07, 6.45) is 3.37. The molecule has 0 saturated heterocycles. The third-order valence-electron chi connectivity index (χ3n) is 2.20. The summed E-state index contributed by atoms with van der Waals surface area (Å²) < 4.78 is 0. The molecular weight excluding hydrogens is 168 g/mol. The highest BCUT2D eigenvalue weighted by atomic mass is 14.0. The van der Waals surface area contributed by atoms with Crippen LogP contribution in [0.4, 0.5) is 0 Å². The Morgan fingerprint density at radius 1 is 0.786 bits per heavy atom. The maximum absolute atomic E-state index is 3.37. The predicted molar refractivity (Wildman–Crippen MR) is 59.1 cm³/mol. The van der Waals surface area contributed by atoms with Crippen LogP contribution in [-0.2, 0) is 0 Å². The van der Waals surface area contributed by atoms with Gasteiger partial charge >= 0.3 is 0 Å². The zero-order chi connectivity index (χ0) is 9.80. The van der Waals surface area contributed by atoms with Crippen molar-refractivity contribution in [3.05, 3.63) is 77.7 Å². The first-order valence-corrected chi connectivity index (χ1v) is 4.74. The Balaban J connectivity index is 2.24. The monoisotopic (exact) mass is 180 g/mol. The van der Waals surface area contributed by atoms with Crippen molar-refractivity contribution in [2.45, 2.75) is 6.92 Å². The quantitative estimate of drug-likeness (QED) is 0.663. The van der Waals surface area contributed by atoms with Crippen molar-refractivity contribution < 1.29 is 0 Å². The minimum absolute atomic E-state index is 1.13. The van der Waals surface area contributed by atoms with E-state index in [4.69, 9.17) is 0 Å². The van der Waals surface area contributed by atoms with E-state index in [-0.39, 0.29) is 0 Å². The molecule has 0 heterocycles. The molecule has 2 rings (SSSR count).